The van der Waals surface area contributed by atoms with Crippen molar-refractivity contribution in [3.05, 3.63) is 35.4 Å². The fourth-order valence-electron chi connectivity index (χ4n) is 1.80. The van der Waals surface area contributed by atoms with Crippen LogP contribution in [-0.4, -0.2) is 17.6 Å². The van der Waals surface area contributed by atoms with Gasteiger partial charge in [-0.15, -0.1) is 0 Å². The molecule has 100 valence electrons. The predicted molar refractivity (Wildman–Crippen MR) is 64.1 cm³/mol. The number of carboxylic acid groups (broad SMARTS) is 1. The lowest BCUT2D eigenvalue weighted by atomic mass is 9.94. The largest absolute Gasteiger partial charge is 0.481 e. The second kappa shape index (κ2) is 7.06. The van der Waals surface area contributed by atoms with Crippen LogP contribution in [0.4, 0.5) is 8.78 Å². The molecule has 1 atom stereocenters. The number of unbranched alkanes of at least 4 members (excludes halogenated alkanes) is 1. The van der Waals surface area contributed by atoms with Crippen molar-refractivity contribution >= 4 is 5.97 Å². The fraction of sp³-hybridized carbons (Fsp3) is 0.462. The van der Waals surface area contributed by atoms with Crippen molar-refractivity contribution in [2.45, 2.75) is 25.7 Å². The summed E-state index contributed by atoms with van der Waals surface area (Å²) in [7, 11) is 0. The third-order valence-electron chi connectivity index (χ3n) is 2.82. The maximum Gasteiger partial charge on any atom is 0.306 e. The van der Waals surface area contributed by atoms with E-state index in [9.17, 15) is 13.6 Å². The van der Waals surface area contributed by atoms with Crippen molar-refractivity contribution in [1.29, 1.82) is 0 Å². The number of benzene rings is 1. The Labute approximate surface area is 105 Å². The van der Waals surface area contributed by atoms with E-state index in [2.05, 4.69) is 0 Å². The minimum Gasteiger partial charge on any atom is -0.481 e. The first kappa shape index (κ1) is 14.6. The molecule has 0 radical (unpaired) electrons. The highest BCUT2D eigenvalue weighted by molar-refractivity contribution is 5.70. The minimum atomic E-state index is -0.946. The third-order valence-corrected chi connectivity index (χ3v) is 2.82. The maximum atomic E-state index is 13.0. The molecule has 0 heterocycles. The van der Waals surface area contributed by atoms with E-state index in [4.69, 9.17) is 10.8 Å². The molecular formula is C13H17F2NO2. The first-order valence-electron chi connectivity index (χ1n) is 5.91. The number of nitrogens with two attached hydrogens (primary N) is 1. The molecule has 0 amide bonds. The number of halogens is 2. The maximum absolute atomic E-state index is 13.0. The SMILES string of the molecule is NCCCCC(Cc1ccc(F)c(F)c1)C(=O)O. The van der Waals surface area contributed by atoms with Gasteiger partial charge in [0.15, 0.2) is 11.6 Å². The zero-order chi connectivity index (χ0) is 13.5. The molecular weight excluding hydrogens is 240 g/mol. The Bertz CT molecular complexity index is 410. The molecule has 0 bridgehead atoms. The molecule has 0 fully saturated rings. The van der Waals surface area contributed by atoms with E-state index in [0.29, 0.717) is 18.5 Å². The van der Waals surface area contributed by atoms with E-state index in [0.717, 1.165) is 25.0 Å². The van der Waals surface area contributed by atoms with Crippen molar-refractivity contribution < 1.29 is 18.7 Å². The molecule has 0 spiro atoms. The number of hydrogen-bond acceptors (Lipinski definition) is 2. The average molecular weight is 257 g/mol. The average Bonchev–Trinajstić information content (AvgIpc) is 2.32. The Morgan fingerprint density at radius 1 is 1.28 bits per heavy atom. The molecule has 0 aromatic heterocycles. The van der Waals surface area contributed by atoms with Gasteiger partial charge in [-0.2, -0.15) is 0 Å². The number of carbonyl (C=O) groups is 1. The Hall–Kier alpha value is -1.49. The molecule has 3 nitrogen and oxygen atoms in total. The van der Waals surface area contributed by atoms with Crippen LogP contribution < -0.4 is 5.73 Å². The Kier molecular flexibility index (Phi) is 5.71. The molecule has 1 aromatic carbocycles. The van der Waals surface area contributed by atoms with Gasteiger partial charge in [0.25, 0.3) is 0 Å². The molecule has 1 rings (SSSR count). The van der Waals surface area contributed by atoms with Crippen molar-refractivity contribution in [1.82, 2.24) is 0 Å². The zero-order valence-corrected chi connectivity index (χ0v) is 10.0. The van der Waals surface area contributed by atoms with Gasteiger partial charge in [-0.1, -0.05) is 12.5 Å². The monoisotopic (exact) mass is 257 g/mol. The van der Waals surface area contributed by atoms with Crippen LogP contribution in [0, 0.1) is 17.6 Å². The van der Waals surface area contributed by atoms with Gasteiger partial charge in [0.1, 0.15) is 0 Å². The Morgan fingerprint density at radius 3 is 2.56 bits per heavy atom. The molecule has 3 N–H and O–H groups in total. The topological polar surface area (TPSA) is 63.3 Å². The minimum absolute atomic E-state index is 0.205. The van der Waals surface area contributed by atoms with Crippen LogP contribution in [-0.2, 0) is 11.2 Å². The Balaban J connectivity index is 2.64. The lowest BCUT2D eigenvalue weighted by molar-refractivity contribution is -0.142. The van der Waals surface area contributed by atoms with Gasteiger partial charge in [-0.25, -0.2) is 8.78 Å². The van der Waals surface area contributed by atoms with Gasteiger partial charge < -0.3 is 10.8 Å². The van der Waals surface area contributed by atoms with Gasteiger partial charge in [-0.05, 0) is 43.5 Å². The first-order valence-corrected chi connectivity index (χ1v) is 5.91. The molecule has 0 aliphatic carbocycles. The van der Waals surface area contributed by atoms with Crippen molar-refractivity contribution in [3.63, 3.8) is 0 Å². The summed E-state index contributed by atoms with van der Waals surface area (Å²) in [5, 5.41) is 9.06. The van der Waals surface area contributed by atoms with Crippen LogP contribution >= 0.6 is 0 Å². The predicted octanol–water partition coefficient (Wildman–Crippen LogP) is 2.34. The van der Waals surface area contributed by atoms with E-state index in [1.165, 1.54) is 6.07 Å². The summed E-state index contributed by atoms with van der Waals surface area (Å²) < 4.78 is 25.7. The van der Waals surface area contributed by atoms with Gasteiger partial charge in [0.05, 0.1) is 5.92 Å². The number of carboxylic acids is 1. The van der Waals surface area contributed by atoms with Crippen LogP contribution in [0.2, 0.25) is 0 Å². The normalized spacial score (nSPS) is 12.4. The second-order valence-corrected chi connectivity index (χ2v) is 4.27. The molecule has 0 saturated heterocycles. The van der Waals surface area contributed by atoms with E-state index >= 15 is 0 Å². The molecule has 0 saturated carbocycles. The van der Waals surface area contributed by atoms with Crippen molar-refractivity contribution in [2.24, 2.45) is 11.7 Å². The van der Waals surface area contributed by atoms with Crippen LogP contribution in [0.3, 0.4) is 0 Å². The van der Waals surface area contributed by atoms with E-state index in [1.54, 1.807) is 0 Å². The summed E-state index contributed by atoms with van der Waals surface area (Å²) >= 11 is 0. The number of hydrogen-bond donors (Lipinski definition) is 2. The molecule has 0 aliphatic heterocycles. The second-order valence-electron chi connectivity index (χ2n) is 4.27. The summed E-state index contributed by atoms with van der Waals surface area (Å²) in [6.07, 6.45) is 2.18. The third kappa shape index (κ3) is 4.41. The highest BCUT2D eigenvalue weighted by Crippen LogP contribution is 2.17. The molecule has 5 heteroatoms. The summed E-state index contributed by atoms with van der Waals surface area (Å²) in [6.45, 7) is 0.525. The van der Waals surface area contributed by atoms with E-state index < -0.39 is 23.5 Å². The summed E-state index contributed by atoms with van der Waals surface area (Å²) in [6, 6.07) is 3.48. The van der Waals surface area contributed by atoms with Gasteiger partial charge in [-0.3, -0.25) is 4.79 Å². The molecule has 1 unspecified atom stereocenters. The molecule has 0 aliphatic rings. The highest BCUT2D eigenvalue weighted by atomic mass is 19.2. The summed E-state index contributed by atoms with van der Waals surface area (Å²) in [5.41, 5.74) is 5.84. The van der Waals surface area contributed by atoms with Gasteiger partial charge in [0.2, 0.25) is 0 Å². The standard InChI is InChI=1S/C13H17F2NO2/c14-11-5-4-9(8-12(11)15)7-10(13(17)18)3-1-2-6-16/h4-5,8,10H,1-3,6-7,16H2,(H,17,18). The molecule has 18 heavy (non-hydrogen) atoms. The van der Waals surface area contributed by atoms with Crippen LogP contribution in [0.1, 0.15) is 24.8 Å². The van der Waals surface area contributed by atoms with Crippen molar-refractivity contribution in [3.8, 4) is 0 Å². The fourth-order valence-corrected chi connectivity index (χ4v) is 1.80. The summed E-state index contributed by atoms with van der Waals surface area (Å²) in [5.74, 6) is -3.37. The Morgan fingerprint density at radius 2 is 2.00 bits per heavy atom. The first-order chi connectivity index (χ1) is 8.54. The lowest BCUT2D eigenvalue weighted by Gasteiger charge is -2.12. The molecule has 1 aromatic rings. The zero-order valence-electron chi connectivity index (χ0n) is 10.0. The van der Waals surface area contributed by atoms with E-state index in [1.807, 2.05) is 0 Å². The number of aliphatic carboxylic acids is 1. The highest BCUT2D eigenvalue weighted by Gasteiger charge is 2.18. The number of rotatable bonds is 7. The van der Waals surface area contributed by atoms with Crippen LogP contribution in [0.15, 0.2) is 18.2 Å². The van der Waals surface area contributed by atoms with Gasteiger partial charge >= 0.3 is 5.97 Å². The van der Waals surface area contributed by atoms with E-state index in [-0.39, 0.29) is 6.42 Å². The lowest BCUT2D eigenvalue weighted by Crippen LogP contribution is -2.17. The smallest absolute Gasteiger partial charge is 0.306 e. The summed E-state index contributed by atoms with van der Waals surface area (Å²) in [4.78, 5) is 11.1. The van der Waals surface area contributed by atoms with Crippen LogP contribution in [0.5, 0.6) is 0 Å². The van der Waals surface area contributed by atoms with Gasteiger partial charge in [0, 0.05) is 0 Å². The van der Waals surface area contributed by atoms with Crippen molar-refractivity contribution in [2.75, 3.05) is 6.54 Å². The quantitative estimate of drug-likeness (QED) is 0.737. The van der Waals surface area contributed by atoms with Crippen LogP contribution in [0.25, 0.3) is 0 Å².